The number of rotatable bonds is 5. The van der Waals surface area contributed by atoms with Gasteiger partial charge in [-0.15, -0.1) is 0 Å². The smallest absolute Gasteiger partial charge is 0.349 e. The van der Waals surface area contributed by atoms with E-state index >= 15 is 0 Å². The summed E-state index contributed by atoms with van der Waals surface area (Å²) in [6.07, 6.45) is 0. The van der Waals surface area contributed by atoms with Crippen LogP contribution < -0.4 is 9.47 Å². The lowest BCUT2D eigenvalue weighted by Gasteiger charge is -2.13. The molecule has 2 aromatic rings. The van der Waals surface area contributed by atoms with Crippen molar-refractivity contribution in [2.45, 2.75) is 13.8 Å². The number of hydrogen-bond donors (Lipinski definition) is 1. The van der Waals surface area contributed by atoms with Crippen LogP contribution in [-0.2, 0) is 4.79 Å². The number of carboxylic acid groups (broad SMARTS) is 1. The summed E-state index contributed by atoms with van der Waals surface area (Å²) >= 11 is 9.14. The molecule has 24 heavy (non-hydrogen) atoms. The molecule has 0 atom stereocenters. The molecule has 0 aromatic heterocycles. The highest BCUT2D eigenvalue weighted by Gasteiger charge is 2.16. The molecule has 2 aromatic carbocycles. The van der Waals surface area contributed by atoms with Gasteiger partial charge >= 0.3 is 11.9 Å². The quantitative estimate of drug-likeness (QED) is 0.581. The molecule has 0 aliphatic rings. The number of aryl methyl sites for hydroxylation is 2. The summed E-state index contributed by atoms with van der Waals surface area (Å²) in [7, 11) is 0. The molecule has 0 heterocycles. The van der Waals surface area contributed by atoms with Crippen molar-refractivity contribution in [3.63, 3.8) is 0 Å². The second-order valence-corrected chi connectivity index (χ2v) is 6.43. The average molecular weight is 414 g/mol. The molecule has 5 nitrogen and oxygen atoms in total. The SMILES string of the molecule is Cc1cc(Br)cc(C)c1OCC(=O)Oc1ccc(Cl)cc1C(=O)O. The molecule has 0 saturated heterocycles. The van der Waals surface area contributed by atoms with Crippen LogP contribution in [0.2, 0.25) is 5.02 Å². The summed E-state index contributed by atoms with van der Waals surface area (Å²) in [4.78, 5) is 23.1. The number of benzene rings is 2. The van der Waals surface area contributed by atoms with E-state index in [0.717, 1.165) is 15.6 Å². The molecular weight excluding hydrogens is 400 g/mol. The Bertz CT molecular complexity index is 781. The summed E-state index contributed by atoms with van der Waals surface area (Å²) < 4.78 is 11.5. The van der Waals surface area contributed by atoms with Gasteiger partial charge in [0.25, 0.3) is 0 Å². The Balaban J connectivity index is 2.09. The molecule has 2 rings (SSSR count). The van der Waals surface area contributed by atoms with Gasteiger partial charge in [-0.05, 0) is 55.3 Å². The molecule has 0 unspecified atom stereocenters. The zero-order chi connectivity index (χ0) is 17.9. The second kappa shape index (κ2) is 7.68. The fourth-order valence-electron chi connectivity index (χ4n) is 2.17. The molecule has 0 fully saturated rings. The Morgan fingerprint density at radius 1 is 1.17 bits per heavy atom. The van der Waals surface area contributed by atoms with E-state index in [1.54, 1.807) is 0 Å². The first kappa shape index (κ1) is 18.3. The highest BCUT2D eigenvalue weighted by molar-refractivity contribution is 9.10. The van der Waals surface area contributed by atoms with Crippen molar-refractivity contribution >= 4 is 39.5 Å². The van der Waals surface area contributed by atoms with E-state index in [4.69, 9.17) is 26.2 Å². The van der Waals surface area contributed by atoms with Crippen LogP contribution in [0.4, 0.5) is 0 Å². The monoisotopic (exact) mass is 412 g/mol. The summed E-state index contributed by atoms with van der Waals surface area (Å²) in [6.45, 7) is 3.38. The summed E-state index contributed by atoms with van der Waals surface area (Å²) in [5.74, 6) is -1.43. The van der Waals surface area contributed by atoms with Gasteiger partial charge in [0.15, 0.2) is 6.61 Å². The summed E-state index contributed by atoms with van der Waals surface area (Å²) in [5.41, 5.74) is 1.55. The molecule has 1 N–H and O–H groups in total. The lowest BCUT2D eigenvalue weighted by atomic mass is 10.1. The van der Waals surface area contributed by atoms with Gasteiger partial charge in [-0.25, -0.2) is 9.59 Å². The summed E-state index contributed by atoms with van der Waals surface area (Å²) in [5, 5.41) is 9.36. The van der Waals surface area contributed by atoms with Crippen LogP contribution >= 0.6 is 27.5 Å². The number of halogens is 2. The van der Waals surface area contributed by atoms with Gasteiger partial charge in [0.2, 0.25) is 0 Å². The molecule has 0 aliphatic carbocycles. The van der Waals surface area contributed by atoms with E-state index < -0.39 is 11.9 Å². The van der Waals surface area contributed by atoms with Gasteiger partial charge in [0, 0.05) is 9.50 Å². The minimum atomic E-state index is -1.24. The van der Waals surface area contributed by atoms with Crippen LogP contribution in [0.3, 0.4) is 0 Å². The van der Waals surface area contributed by atoms with Crippen molar-refractivity contribution in [1.82, 2.24) is 0 Å². The normalized spacial score (nSPS) is 10.3. The first-order valence-corrected chi connectivity index (χ1v) is 8.08. The number of ether oxygens (including phenoxy) is 2. The summed E-state index contributed by atoms with van der Waals surface area (Å²) in [6, 6.07) is 7.74. The Morgan fingerprint density at radius 3 is 2.38 bits per heavy atom. The number of esters is 1. The van der Waals surface area contributed by atoms with Gasteiger partial charge in [0.05, 0.1) is 0 Å². The minimum absolute atomic E-state index is 0.0789. The van der Waals surface area contributed by atoms with Crippen LogP contribution in [0.25, 0.3) is 0 Å². The lowest BCUT2D eigenvalue weighted by Crippen LogP contribution is -2.19. The molecular formula is C17H14BrClO5. The molecule has 0 radical (unpaired) electrons. The van der Waals surface area contributed by atoms with Gasteiger partial charge in [-0.1, -0.05) is 27.5 Å². The fraction of sp³-hybridized carbons (Fsp3) is 0.176. The maximum atomic E-state index is 12.0. The average Bonchev–Trinajstić information content (AvgIpc) is 2.47. The van der Waals surface area contributed by atoms with Crippen molar-refractivity contribution in [2.75, 3.05) is 6.61 Å². The standard InChI is InChI=1S/C17H14BrClO5/c1-9-5-11(18)6-10(2)16(9)23-8-15(20)24-14-4-3-12(19)7-13(14)17(21)22/h3-7H,8H2,1-2H3,(H,21,22). The third-order valence-corrected chi connectivity index (χ3v) is 3.85. The lowest BCUT2D eigenvalue weighted by molar-refractivity contribution is -0.136. The second-order valence-electron chi connectivity index (χ2n) is 5.08. The predicted octanol–water partition coefficient (Wildman–Crippen LogP) is 4.40. The first-order valence-electron chi connectivity index (χ1n) is 6.91. The number of carboxylic acids is 1. The van der Waals surface area contributed by atoms with E-state index in [1.165, 1.54) is 18.2 Å². The largest absolute Gasteiger partial charge is 0.481 e. The van der Waals surface area contributed by atoms with E-state index in [9.17, 15) is 9.59 Å². The van der Waals surface area contributed by atoms with Crippen molar-refractivity contribution in [1.29, 1.82) is 0 Å². The van der Waals surface area contributed by atoms with E-state index in [1.807, 2.05) is 26.0 Å². The first-order chi connectivity index (χ1) is 11.3. The number of carbonyl (C=O) groups excluding carboxylic acids is 1. The Hall–Kier alpha value is -2.05. The molecule has 7 heteroatoms. The number of hydrogen-bond acceptors (Lipinski definition) is 4. The molecule has 0 amide bonds. The molecule has 0 saturated carbocycles. The van der Waals surface area contributed by atoms with Crippen LogP contribution in [0.1, 0.15) is 21.5 Å². The van der Waals surface area contributed by atoms with Crippen LogP contribution in [0, 0.1) is 13.8 Å². The van der Waals surface area contributed by atoms with Gasteiger partial charge in [-0.2, -0.15) is 0 Å². The van der Waals surface area contributed by atoms with Gasteiger partial charge in [0.1, 0.15) is 17.1 Å². The zero-order valence-corrected chi connectivity index (χ0v) is 15.3. The van der Waals surface area contributed by atoms with Crippen molar-refractivity contribution in [3.05, 3.63) is 56.5 Å². The minimum Gasteiger partial charge on any atom is -0.481 e. The Labute approximate surface area is 152 Å². The predicted molar refractivity (Wildman–Crippen MR) is 93.2 cm³/mol. The highest BCUT2D eigenvalue weighted by atomic mass is 79.9. The third-order valence-electron chi connectivity index (χ3n) is 3.16. The van der Waals surface area contributed by atoms with E-state index in [0.29, 0.717) is 5.75 Å². The Morgan fingerprint density at radius 2 is 1.79 bits per heavy atom. The van der Waals surface area contributed by atoms with Crippen molar-refractivity contribution < 1.29 is 24.2 Å². The molecule has 0 bridgehead atoms. The van der Waals surface area contributed by atoms with Crippen LogP contribution in [-0.4, -0.2) is 23.7 Å². The van der Waals surface area contributed by atoms with E-state index in [-0.39, 0.29) is 22.9 Å². The van der Waals surface area contributed by atoms with E-state index in [2.05, 4.69) is 15.9 Å². The topological polar surface area (TPSA) is 72.8 Å². The van der Waals surface area contributed by atoms with Crippen molar-refractivity contribution in [3.8, 4) is 11.5 Å². The Kier molecular flexibility index (Phi) is 5.85. The highest BCUT2D eigenvalue weighted by Crippen LogP contribution is 2.27. The van der Waals surface area contributed by atoms with Gasteiger partial charge < -0.3 is 14.6 Å². The van der Waals surface area contributed by atoms with Crippen LogP contribution in [0.5, 0.6) is 11.5 Å². The van der Waals surface area contributed by atoms with Gasteiger partial charge in [-0.3, -0.25) is 0 Å². The van der Waals surface area contributed by atoms with Crippen molar-refractivity contribution in [2.24, 2.45) is 0 Å². The fourth-order valence-corrected chi connectivity index (χ4v) is 3.03. The zero-order valence-electron chi connectivity index (χ0n) is 12.9. The van der Waals surface area contributed by atoms with Crippen LogP contribution in [0.15, 0.2) is 34.8 Å². The molecule has 0 spiro atoms. The molecule has 0 aliphatic heterocycles. The number of carbonyl (C=O) groups is 2. The maximum Gasteiger partial charge on any atom is 0.349 e. The molecule has 126 valence electrons. The maximum absolute atomic E-state index is 12.0. The third kappa shape index (κ3) is 4.49. The number of aromatic carboxylic acids is 1.